The van der Waals surface area contributed by atoms with E-state index in [1.165, 1.54) is 11.2 Å². The van der Waals surface area contributed by atoms with Gasteiger partial charge in [-0.05, 0) is 44.6 Å². The average Bonchev–Trinajstić information content (AvgIpc) is 3.53. The Balaban J connectivity index is 2.15. The number of likely N-dealkylation sites (tertiary alicyclic amines) is 1. The summed E-state index contributed by atoms with van der Waals surface area (Å²) in [6, 6.07) is -3.60. The van der Waals surface area contributed by atoms with Crippen LogP contribution in [0.4, 0.5) is 0 Å². The topological polar surface area (TPSA) is 197 Å². The molecule has 12 heteroatoms. The molecule has 0 bridgehead atoms. The second-order valence-electron chi connectivity index (χ2n) is 9.13. The zero-order valence-electron chi connectivity index (χ0n) is 20.5. The van der Waals surface area contributed by atoms with Crippen molar-refractivity contribution < 1.29 is 24.3 Å². The molecule has 5 unspecified atom stereocenters. The maximum absolute atomic E-state index is 13.5. The number of hydrogen-bond acceptors (Lipinski definition) is 7. The van der Waals surface area contributed by atoms with Crippen LogP contribution in [0.2, 0.25) is 0 Å². The molecule has 1 saturated heterocycles. The summed E-state index contributed by atoms with van der Waals surface area (Å²) in [5.41, 5.74) is 12.2. The Hall–Kier alpha value is -2.99. The Morgan fingerprint density at radius 1 is 1.26 bits per heavy atom. The number of aromatic nitrogens is 2. The van der Waals surface area contributed by atoms with Crippen molar-refractivity contribution in [3.63, 3.8) is 0 Å². The number of carbonyl (C=O) groups is 4. The Morgan fingerprint density at radius 2 is 2.00 bits per heavy atom. The van der Waals surface area contributed by atoms with E-state index in [9.17, 15) is 24.3 Å². The minimum absolute atomic E-state index is 0.0737. The highest BCUT2D eigenvalue weighted by Gasteiger charge is 2.39. The first-order valence-electron chi connectivity index (χ1n) is 12.3. The molecule has 0 aliphatic carbocycles. The number of nitrogens with one attached hydrogen (secondary N) is 3. The van der Waals surface area contributed by atoms with Gasteiger partial charge in [0.25, 0.3) is 0 Å². The third kappa shape index (κ3) is 8.03. The normalized spacial score (nSPS) is 19.0. The molecule has 35 heavy (non-hydrogen) atoms. The number of unbranched alkanes of at least 4 members (excludes halogenated alkanes) is 1. The quantitative estimate of drug-likeness (QED) is 0.186. The summed E-state index contributed by atoms with van der Waals surface area (Å²) in [5, 5.41) is 14.8. The van der Waals surface area contributed by atoms with Gasteiger partial charge in [0, 0.05) is 24.9 Å². The van der Waals surface area contributed by atoms with Crippen molar-refractivity contribution in [1.29, 1.82) is 0 Å². The van der Waals surface area contributed by atoms with Gasteiger partial charge in [-0.25, -0.2) is 9.78 Å². The number of amides is 3. The lowest BCUT2D eigenvalue weighted by molar-refractivity contribution is -0.145. The first-order valence-corrected chi connectivity index (χ1v) is 12.3. The summed E-state index contributed by atoms with van der Waals surface area (Å²) in [7, 11) is 0. The Labute approximate surface area is 205 Å². The highest BCUT2D eigenvalue weighted by Crippen LogP contribution is 2.20. The van der Waals surface area contributed by atoms with Crippen LogP contribution >= 0.6 is 0 Å². The molecule has 1 aliphatic rings. The maximum atomic E-state index is 13.5. The van der Waals surface area contributed by atoms with E-state index in [4.69, 9.17) is 11.5 Å². The Morgan fingerprint density at radius 3 is 2.60 bits per heavy atom. The van der Waals surface area contributed by atoms with E-state index in [1.807, 2.05) is 13.8 Å². The summed E-state index contributed by atoms with van der Waals surface area (Å²) in [4.78, 5) is 59.2. The summed E-state index contributed by atoms with van der Waals surface area (Å²) in [5.74, 6) is -2.58. The van der Waals surface area contributed by atoms with Gasteiger partial charge in [-0.3, -0.25) is 14.4 Å². The number of rotatable bonds is 14. The van der Waals surface area contributed by atoms with Gasteiger partial charge in [-0.2, -0.15) is 0 Å². The summed E-state index contributed by atoms with van der Waals surface area (Å²) in [6.45, 7) is 4.56. The number of nitrogens with two attached hydrogens (primary N) is 2. The zero-order valence-corrected chi connectivity index (χ0v) is 20.5. The summed E-state index contributed by atoms with van der Waals surface area (Å²) >= 11 is 0. The summed E-state index contributed by atoms with van der Waals surface area (Å²) < 4.78 is 0. The first kappa shape index (κ1) is 28.2. The van der Waals surface area contributed by atoms with Crippen molar-refractivity contribution in [2.45, 2.75) is 83.0 Å². The summed E-state index contributed by atoms with van der Waals surface area (Å²) in [6.07, 6.45) is 6.37. The van der Waals surface area contributed by atoms with Gasteiger partial charge in [0.2, 0.25) is 17.7 Å². The fraction of sp³-hybridized carbons (Fsp3) is 0.696. The van der Waals surface area contributed by atoms with Gasteiger partial charge in [0.05, 0.1) is 12.4 Å². The molecule has 1 aliphatic heterocycles. The van der Waals surface area contributed by atoms with Crippen molar-refractivity contribution in [2.75, 3.05) is 13.1 Å². The standard InChI is InChI=1S/C23H39N7O5/c1-3-14(2)19(25)21(32)29-17(11-15-12-26-13-27-15)22(33)30-10-6-8-18(30)20(31)28-16(23(34)35)7-4-5-9-24/h12-14,16-19H,3-11,24-25H2,1-2H3,(H,26,27)(H,28,31)(H,29,32)(H,34,35). The lowest BCUT2D eigenvalue weighted by Crippen LogP contribution is -2.58. The number of hydrogen-bond donors (Lipinski definition) is 6. The van der Waals surface area contributed by atoms with E-state index in [-0.39, 0.29) is 18.8 Å². The van der Waals surface area contributed by atoms with E-state index in [0.717, 1.165) is 0 Å². The van der Waals surface area contributed by atoms with Gasteiger partial charge in [0.15, 0.2) is 0 Å². The number of carboxylic acids is 1. The Kier molecular flexibility index (Phi) is 11.1. The van der Waals surface area contributed by atoms with Gasteiger partial charge < -0.3 is 37.1 Å². The highest BCUT2D eigenvalue weighted by molar-refractivity contribution is 5.94. The average molecular weight is 494 g/mol. The van der Waals surface area contributed by atoms with Crippen LogP contribution in [0.5, 0.6) is 0 Å². The van der Waals surface area contributed by atoms with Crippen LogP contribution in [-0.4, -0.2) is 80.9 Å². The maximum Gasteiger partial charge on any atom is 0.326 e. The van der Waals surface area contributed by atoms with Crippen molar-refractivity contribution in [1.82, 2.24) is 25.5 Å². The van der Waals surface area contributed by atoms with E-state index in [2.05, 4.69) is 20.6 Å². The van der Waals surface area contributed by atoms with Crippen molar-refractivity contribution in [3.05, 3.63) is 18.2 Å². The van der Waals surface area contributed by atoms with Crippen molar-refractivity contribution in [3.8, 4) is 0 Å². The highest BCUT2D eigenvalue weighted by atomic mass is 16.4. The van der Waals surface area contributed by atoms with Crippen LogP contribution in [0.15, 0.2) is 12.5 Å². The molecule has 12 nitrogen and oxygen atoms in total. The molecule has 3 amide bonds. The lowest BCUT2D eigenvalue weighted by atomic mass is 9.98. The molecule has 0 radical (unpaired) electrons. The molecule has 0 aromatic carbocycles. The van der Waals surface area contributed by atoms with Crippen molar-refractivity contribution >= 4 is 23.7 Å². The van der Waals surface area contributed by atoms with E-state index < -0.39 is 47.9 Å². The van der Waals surface area contributed by atoms with Gasteiger partial charge in [0.1, 0.15) is 18.1 Å². The number of aromatic amines is 1. The molecule has 196 valence electrons. The van der Waals surface area contributed by atoms with Gasteiger partial charge >= 0.3 is 5.97 Å². The largest absolute Gasteiger partial charge is 0.480 e. The predicted molar refractivity (Wildman–Crippen MR) is 129 cm³/mol. The molecule has 0 saturated carbocycles. The van der Waals surface area contributed by atoms with Crippen LogP contribution in [0, 0.1) is 5.92 Å². The van der Waals surface area contributed by atoms with Crippen LogP contribution in [0.3, 0.4) is 0 Å². The number of imidazole rings is 1. The second kappa shape index (κ2) is 13.8. The molecule has 2 heterocycles. The molecule has 2 rings (SSSR count). The number of aliphatic carboxylic acids is 1. The van der Waals surface area contributed by atoms with Crippen LogP contribution < -0.4 is 22.1 Å². The van der Waals surface area contributed by atoms with E-state index in [1.54, 1.807) is 6.20 Å². The first-order chi connectivity index (χ1) is 16.7. The van der Waals surface area contributed by atoms with Crippen LogP contribution in [0.25, 0.3) is 0 Å². The number of nitrogens with zero attached hydrogens (tertiary/aromatic N) is 2. The Bertz CT molecular complexity index is 847. The molecular weight excluding hydrogens is 454 g/mol. The van der Waals surface area contributed by atoms with Gasteiger partial charge in [-0.15, -0.1) is 0 Å². The fourth-order valence-electron chi connectivity index (χ4n) is 4.12. The van der Waals surface area contributed by atoms with Crippen molar-refractivity contribution in [2.24, 2.45) is 17.4 Å². The molecular formula is C23H39N7O5. The molecule has 1 fully saturated rings. The third-order valence-corrected chi connectivity index (χ3v) is 6.55. The van der Waals surface area contributed by atoms with Gasteiger partial charge in [-0.1, -0.05) is 20.3 Å². The van der Waals surface area contributed by atoms with E-state index >= 15 is 0 Å². The van der Waals surface area contributed by atoms with Crippen LogP contribution in [0.1, 0.15) is 58.1 Å². The smallest absolute Gasteiger partial charge is 0.326 e. The third-order valence-electron chi connectivity index (χ3n) is 6.55. The van der Waals surface area contributed by atoms with E-state index in [0.29, 0.717) is 50.9 Å². The molecule has 5 atom stereocenters. The minimum atomic E-state index is -1.13. The monoisotopic (exact) mass is 493 g/mol. The second-order valence-corrected chi connectivity index (χ2v) is 9.13. The molecule has 0 spiro atoms. The number of carbonyl (C=O) groups excluding carboxylic acids is 3. The molecule has 1 aromatic heterocycles. The molecule has 8 N–H and O–H groups in total. The number of carboxylic acid groups (broad SMARTS) is 1. The molecule has 1 aromatic rings. The lowest BCUT2D eigenvalue weighted by Gasteiger charge is -2.30. The number of H-pyrrole nitrogens is 1. The SMILES string of the molecule is CCC(C)C(N)C(=O)NC(Cc1cnc[nH]1)C(=O)N1CCCC1C(=O)NC(CCCCN)C(=O)O. The predicted octanol–water partition coefficient (Wildman–Crippen LogP) is -0.500. The van der Waals surface area contributed by atoms with Crippen LogP contribution in [-0.2, 0) is 25.6 Å². The minimum Gasteiger partial charge on any atom is -0.480 e. The zero-order chi connectivity index (χ0) is 26.0. The fourth-order valence-corrected chi connectivity index (χ4v) is 4.12.